The minimum Gasteiger partial charge on any atom is -0.748 e. The lowest BCUT2D eigenvalue weighted by Gasteiger charge is -2.10. The predicted molar refractivity (Wildman–Crippen MR) is 113 cm³/mol. The molecule has 0 bridgehead atoms. The van der Waals surface area contributed by atoms with Crippen LogP contribution in [0.2, 0.25) is 0 Å². The number of carbonyl (C=O) groups is 1. The average Bonchev–Trinajstić information content (AvgIpc) is 2.65. The molecule has 0 saturated heterocycles. The predicted octanol–water partition coefficient (Wildman–Crippen LogP) is 2.72. The van der Waals surface area contributed by atoms with Gasteiger partial charge in [0.1, 0.15) is 11.6 Å². The molecular weight excluding hydrogens is 426 g/mol. The smallest absolute Gasteiger partial charge is 0.344 e. The lowest BCUT2D eigenvalue weighted by molar-refractivity contribution is -0.385. The van der Waals surface area contributed by atoms with Gasteiger partial charge in [-0.3, -0.25) is 15.5 Å². The molecule has 0 radical (unpaired) electrons. The van der Waals surface area contributed by atoms with Gasteiger partial charge in [-0.25, -0.2) is 13.2 Å². The maximum atomic E-state index is 12.6. The number of carbonyl (C=O) groups excluding carboxylic acids is 1. The third-order valence-corrected chi connectivity index (χ3v) is 3.97. The zero-order chi connectivity index (χ0) is 23.3. The van der Waals surface area contributed by atoms with Crippen molar-refractivity contribution in [1.29, 1.82) is 5.41 Å². The number of amidine groups is 1. The Morgan fingerprint density at radius 3 is 2.19 bits per heavy atom. The minimum atomic E-state index is -3.92. The largest absolute Gasteiger partial charge is 0.748 e. The van der Waals surface area contributed by atoms with Crippen LogP contribution in [0, 0.1) is 22.4 Å². The summed E-state index contributed by atoms with van der Waals surface area (Å²) in [5.74, 6) is -0.846. The Morgan fingerprint density at radius 2 is 1.65 bits per heavy atom. The van der Waals surface area contributed by atoms with Crippen molar-refractivity contribution < 1.29 is 27.4 Å². The van der Waals surface area contributed by atoms with E-state index < -0.39 is 26.8 Å². The summed E-state index contributed by atoms with van der Waals surface area (Å²) in [6.45, 7) is 1.51. The van der Waals surface area contributed by atoms with Gasteiger partial charge in [0.2, 0.25) is 0 Å². The van der Waals surface area contributed by atoms with Crippen LogP contribution in [0.3, 0.4) is 0 Å². The fourth-order valence-electron chi connectivity index (χ4n) is 2.68. The molecule has 0 fully saturated rings. The van der Waals surface area contributed by atoms with Crippen LogP contribution in [0.1, 0.15) is 21.5 Å². The fourth-order valence-corrected chi connectivity index (χ4v) is 2.68. The van der Waals surface area contributed by atoms with Gasteiger partial charge in [-0.05, 0) is 35.9 Å². The van der Waals surface area contributed by atoms with Crippen molar-refractivity contribution in [3.63, 3.8) is 0 Å². The third kappa shape index (κ3) is 6.59. The zero-order valence-corrected chi connectivity index (χ0v) is 17.3. The van der Waals surface area contributed by atoms with Gasteiger partial charge >= 0.3 is 5.97 Å². The number of nitrogens with two attached hydrogens (primary N) is 1. The lowest BCUT2D eigenvalue weighted by Crippen LogP contribution is -2.20. The maximum absolute atomic E-state index is 12.6. The summed E-state index contributed by atoms with van der Waals surface area (Å²) in [5.41, 5.74) is 5.54. The van der Waals surface area contributed by atoms with Gasteiger partial charge < -0.3 is 15.0 Å². The number of nitro groups is 1. The number of esters is 1. The van der Waals surface area contributed by atoms with E-state index in [2.05, 4.69) is 0 Å². The van der Waals surface area contributed by atoms with Gasteiger partial charge in [-0.2, -0.15) is 0 Å². The van der Waals surface area contributed by atoms with Crippen LogP contribution in [0.5, 0.6) is 5.75 Å². The van der Waals surface area contributed by atoms with Crippen LogP contribution in [-0.2, 0) is 10.1 Å². The number of ether oxygens (including phenoxy) is 1. The highest BCUT2D eigenvalue weighted by atomic mass is 32.2. The molecule has 0 amide bonds. The minimum absolute atomic E-state index is 0.00811. The van der Waals surface area contributed by atoms with E-state index in [1.165, 1.54) is 13.0 Å². The van der Waals surface area contributed by atoms with Crippen LogP contribution >= 0.6 is 0 Å². The second kappa shape index (κ2) is 9.32. The van der Waals surface area contributed by atoms with Gasteiger partial charge in [0, 0.05) is 23.4 Å². The molecule has 10 nitrogen and oxygen atoms in total. The molecule has 0 atom stereocenters. The summed E-state index contributed by atoms with van der Waals surface area (Å²) in [7, 11) is -3.92. The number of nitrogen functional groups attached to an aromatic ring is 1. The SMILES string of the molecule is CS(=O)(=O)[O-].Cc1cc(C(=O)Oc2ccc3ccccc3c2)c(C(=N)N)cc1[N+](=O)[O-]. The van der Waals surface area contributed by atoms with Crippen LogP contribution in [-0.4, -0.2) is 36.0 Å². The van der Waals surface area contributed by atoms with Gasteiger partial charge in [0.05, 0.1) is 20.6 Å². The monoisotopic (exact) mass is 444 g/mol. The first-order valence-electron chi connectivity index (χ1n) is 8.62. The van der Waals surface area contributed by atoms with E-state index >= 15 is 0 Å². The highest BCUT2D eigenvalue weighted by molar-refractivity contribution is 7.84. The van der Waals surface area contributed by atoms with E-state index in [1.807, 2.05) is 30.3 Å². The van der Waals surface area contributed by atoms with Crippen molar-refractivity contribution in [2.24, 2.45) is 5.73 Å². The van der Waals surface area contributed by atoms with Gasteiger partial charge in [-0.15, -0.1) is 0 Å². The molecule has 31 heavy (non-hydrogen) atoms. The molecule has 3 rings (SSSR count). The molecule has 0 heterocycles. The van der Waals surface area contributed by atoms with Crippen LogP contribution in [0.25, 0.3) is 10.8 Å². The highest BCUT2D eigenvalue weighted by Gasteiger charge is 2.22. The molecule has 0 saturated carbocycles. The summed E-state index contributed by atoms with van der Waals surface area (Å²) in [4.78, 5) is 23.1. The second-order valence-electron chi connectivity index (χ2n) is 6.46. The summed E-state index contributed by atoms with van der Waals surface area (Å²) >= 11 is 0. The normalized spacial score (nSPS) is 10.7. The molecule has 3 aromatic rings. The van der Waals surface area contributed by atoms with Crippen LogP contribution in [0.4, 0.5) is 5.69 Å². The fraction of sp³-hybridized carbons (Fsp3) is 0.100. The molecule has 162 valence electrons. The number of fused-ring (bicyclic) bond motifs is 1. The maximum Gasteiger partial charge on any atom is 0.344 e. The number of hydrogen-bond donors (Lipinski definition) is 2. The van der Waals surface area contributed by atoms with Crippen molar-refractivity contribution in [1.82, 2.24) is 0 Å². The molecular formula is C20H18N3O7S-. The molecule has 3 N–H and O–H groups in total. The van der Waals surface area contributed by atoms with E-state index in [1.54, 1.807) is 12.1 Å². The van der Waals surface area contributed by atoms with Gasteiger partial charge in [0.15, 0.2) is 0 Å². The van der Waals surface area contributed by atoms with Gasteiger partial charge in [0.25, 0.3) is 5.69 Å². The molecule has 0 aliphatic rings. The quantitative estimate of drug-likeness (QED) is 0.117. The number of nitrogens with one attached hydrogen (secondary N) is 1. The first-order chi connectivity index (χ1) is 14.4. The Morgan fingerprint density at radius 1 is 1.06 bits per heavy atom. The van der Waals surface area contributed by atoms with Crippen molar-refractivity contribution in [3.8, 4) is 5.75 Å². The number of rotatable bonds is 4. The highest BCUT2D eigenvalue weighted by Crippen LogP contribution is 2.25. The zero-order valence-electron chi connectivity index (χ0n) is 16.5. The summed E-state index contributed by atoms with van der Waals surface area (Å²) < 4.78 is 32.6. The lowest BCUT2D eigenvalue weighted by atomic mass is 10.0. The number of benzene rings is 3. The molecule has 3 aromatic carbocycles. The summed E-state index contributed by atoms with van der Waals surface area (Å²) in [6.07, 6.45) is 0.604. The van der Waals surface area contributed by atoms with Crippen molar-refractivity contribution in [2.45, 2.75) is 6.92 Å². The summed E-state index contributed by atoms with van der Waals surface area (Å²) in [6, 6.07) is 15.3. The molecule has 0 spiro atoms. The number of nitrogens with zero attached hydrogens (tertiary/aromatic N) is 1. The Balaban J connectivity index is 0.000000614. The molecule has 0 unspecified atom stereocenters. The van der Waals surface area contributed by atoms with E-state index in [0.717, 1.165) is 16.8 Å². The Labute approximate surface area is 177 Å². The Hall–Kier alpha value is -3.83. The van der Waals surface area contributed by atoms with E-state index in [4.69, 9.17) is 28.9 Å². The second-order valence-corrected chi connectivity index (χ2v) is 7.87. The molecule has 0 aliphatic heterocycles. The van der Waals surface area contributed by atoms with Crippen molar-refractivity contribution in [3.05, 3.63) is 81.4 Å². The van der Waals surface area contributed by atoms with E-state index in [-0.39, 0.29) is 22.4 Å². The summed E-state index contributed by atoms with van der Waals surface area (Å²) in [5, 5.41) is 20.6. The van der Waals surface area contributed by atoms with Crippen LogP contribution < -0.4 is 10.5 Å². The molecule has 11 heteroatoms. The topological polar surface area (TPSA) is 177 Å². The van der Waals surface area contributed by atoms with E-state index in [9.17, 15) is 14.9 Å². The third-order valence-electron chi connectivity index (χ3n) is 3.97. The standard InChI is InChI=1S/C19H15N3O4.CH4O3S/c1-11-8-16(15(18(20)21)10-17(11)22(24)25)19(23)26-14-7-6-12-4-2-3-5-13(12)9-14;1-5(2,3)4/h2-10H,1H3,(H3,20,21);1H3,(H,2,3,4)/p-1. The van der Waals surface area contributed by atoms with Crippen molar-refractivity contribution >= 4 is 38.4 Å². The Kier molecular flexibility index (Phi) is 7.05. The number of nitro benzene ring substituents is 1. The molecule has 0 aliphatic carbocycles. The molecule has 0 aromatic heterocycles. The number of aryl methyl sites for hydroxylation is 1. The van der Waals surface area contributed by atoms with Crippen LogP contribution in [0.15, 0.2) is 54.6 Å². The number of hydrogen-bond acceptors (Lipinski definition) is 8. The average molecular weight is 444 g/mol. The van der Waals surface area contributed by atoms with E-state index in [0.29, 0.717) is 12.0 Å². The van der Waals surface area contributed by atoms with Gasteiger partial charge in [-0.1, -0.05) is 30.3 Å². The van der Waals surface area contributed by atoms with Crippen molar-refractivity contribution in [2.75, 3.05) is 6.26 Å². The Bertz CT molecular complexity index is 1280. The first kappa shape index (κ1) is 23.4. The first-order valence-corrected chi connectivity index (χ1v) is 10.4.